The van der Waals surface area contributed by atoms with E-state index in [1.807, 2.05) is 4.90 Å². The van der Waals surface area contributed by atoms with E-state index in [0.29, 0.717) is 0 Å². The van der Waals surface area contributed by atoms with Gasteiger partial charge >= 0.3 is 0 Å². The monoisotopic (exact) mass is 295 g/mol. The van der Waals surface area contributed by atoms with Crippen molar-refractivity contribution in [3.63, 3.8) is 0 Å². The van der Waals surface area contributed by atoms with Crippen LogP contribution in [-0.2, 0) is 9.59 Å². The largest absolute Gasteiger partial charge is 0.356 e. The van der Waals surface area contributed by atoms with Crippen molar-refractivity contribution in [2.45, 2.75) is 52.0 Å². The fourth-order valence-electron chi connectivity index (χ4n) is 3.33. The molecule has 5 nitrogen and oxygen atoms in total. The van der Waals surface area contributed by atoms with Crippen LogP contribution in [0.3, 0.4) is 0 Å². The normalized spacial score (nSPS) is 26.9. The number of hydrogen-bond donors (Lipinski definition) is 2. The molecule has 0 aromatic heterocycles. The van der Waals surface area contributed by atoms with Crippen molar-refractivity contribution in [2.75, 3.05) is 26.2 Å². The van der Waals surface area contributed by atoms with Crippen LogP contribution >= 0.6 is 0 Å². The molecule has 2 aliphatic heterocycles. The molecule has 0 saturated carbocycles. The molecule has 120 valence electrons. The fourth-order valence-corrected chi connectivity index (χ4v) is 3.33. The maximum Gasteiger partial charge on any atom is 0.227 e. The average Bonchev–Trinajstić information content (AvgIpc) is 2.93. The van der Waals surface area contributed by atoms with E-state index in [1.54, 1.807) is 0 Å². The van der Waals surface area contributed by atoms with E-state index in [-0.39, 0.29) is 29.7 Å². The second-order valence-corrected chi connectivity index (χ2v) is 6.38. The third-order valence-corrected chi connectivity index (χ3v) is 4.85. The topological polar surface area (TPSA) is 61.4 Å². The van der Waals surface area contributed by atoms with Crippen molar-refractivity contribution in [3.05, 3.63) is 0 Å². The number of hydrogen-bond acceptors (Lipinski definition) is 3. The van der Waals surface area contributed by atoms with Gasteiger partial charge in [0.1, 0.15) is 0 Å². The molecule has 21 heavy (non-hydrogen) atoms. The van der Waals surface area contributed by atoms with Crippen molar-refractivity contribution >= 4 is 11.8 Å². The van der Waals surface area contributed by atoms with Gasteiger partial charge in [0.2, 0.25) is 11.8 Å². The highest BCUT2D eigenvalue weighted by Crippen LogP contribution is 2.23. The van der Waals surface area contributed by atoms with Gasteiger partial charge < -0.3 is 15.5 Å². The molecule has 2 aliphatic rings. The van der Waals surface area contributed by atoms with Crippen LogP contribution in [0.25, 0.3) is 0 Å². The summed E-state index contributed by atoms with van der Waals surface area (Å²) in [4.78, 5) is 26.5. The van der Waals surface area contributed by atoms with Crippen LogP contribution in [0.5, 0.6) is 0 Å². The molecule has 2 atom stereocenters. The molecular weight excluding hydrogens is 266 g/mol. The summed E-state index contributed by atoms with van der Waals surface area (Å²) in [5, 5.41) is 6.34. The molecule has 2 rings (SSSR count). The summed E-state index contributed by atoms with van der Waals surface area (Å²) in [6.45, 7) is 7.38. The Morgan fingerprint density at radius 2 is 1.95 bits per heavy atom. The van der Waals surface area contributed by atoms with Gasteiger partial charge in [0.25, 0.3) is 0 Å². The number of likely N-dealkylation sites (tertiary alicyclic amines) is 1. The Hall–Kier alpha value is -1.10. The Balaban J connectivity index is 1.75. The Morgan fingerprint density at radius 3 is 2.52 bits per heavy atom. The Morgan fingerprint density at radius 1 is 1.24 bits per heavy atom. The maximum absolute atomic E-state index is 12.5. The Bertz CT molecular complexity index is 365. The molecule has 2 fully saturated rings. The van der Waals surface area contributed by atoms with Gasteiger partial charge in [-0.1, -0.05) is 13.3 Å². The first-order valence-corrected chi connectivity index (χ1v) is 8.43. The SMILES string of the molecule is CCCCNC(=O)C1CCN(C(=O)C2CCNC2C)CC1. The lowest BCUT2D eigenvalue weighted by Gasteiger charge is -2.33. The summed E-state index contributed by atoms with van der Waals surface area (Å²) < 4.78 is 0. The predicted molar refractivity (Wildman–Crippen MR) is 82.8 cm³/mol. The third kappa shape index (κ3) is 4.19. The van der Waals surface area contributed by atoms with Crippen LogP contribution in [0.1, 0.15) is 46.0 Å². The quantitative estimate of drug-likeness (QED) is 0.748. The summed E-state index contributed by atoms with van der Waals surface area (Å²) in [6, 6.07) is 0.285. The summed E-state index contributed by atoms with van der Waals surface area (Å²) >= 11 is 0. The van der Waals surface area contributed by atoms with Crippen LogP contribution in [-0.4, -0.2) is 48.9 Å². The molecular formula is C16H29N3O2. The van der Waals surface area contributed by atoms with Gasteiger partial charge in [0.15, 0.2) is 0 Å². The van der Waals surface area contributed by atoms with Gasteiger partial charge in [-0.05, 0) is 39.2 Å². The van der Waals surface area contributed by atoms with E-state index in [0.717, 1.165) is 58.3 Å². The summed E-state index contributed by atoms with van der Waals surface area (Å²) in [6.07, 6.45) is 4.68. The van der Waals surface area contributed by atoms with Gasteiger partial charge in [-0.25, -0.2) is 0 Å². The van der Waals surface area contributed by atoms with Crippen molar-refractivity contribution in [1.29, 1.82) is 0 Å². The molecule has 0 radical (unpaired) electrons. The minimum Gasteiger partial charge on any atom is -0.356 e. The standard InChI is InChI=1S/C16H29N3O2/c1-3-4-8-18-15(20)13-6-10-19(11-7-13)16(21)14-5-9-17-12(14)2/h12-14,17H,3-11H2,1-2H3,(H,18,20). The second-order valence-electron chi connectivity index (χ2n) is 6.38. The molecule has 2 saturated heterocycles. The van der Waals surface area contributed by atoms with Crippen LogP contribution in [0.2, 0.25) is 0 Å². The summed E-state index contributed by atoms with van der Waals surface area (Å²) in [5.74, 6) is 0.661. The predicted octanol–water partition coefficient (Wildman–Crippen LogP) is 1.14. The van der Waals surface area contributed by atoms with Crippen molar-refractivity contribution in [1.82, 2.24) is 15.5 Å². The number of nitrogens with one attached hydrogen (secondary N) is 2. The molecule has 0 bridgehead atoms. The lowest BCUT2D eigenvalue weighted by molar-refractivity contribution is -0.139. The second kappa shape index (κ2) is 7.78. The lowest BCUT2D eigenvalue weighted by Crippen LogP contribution is -2.46. The zero-order valence-electron chi connectivity index (χ0n) is 13.4. The molecule has 2 N–H and O–H groups in total. The molecule has 0 aromatic rings. The number of carbonyl (C=O) groups is 2. The van der Waals surface area contributed by atoms with Crippen molar-refractivity contribution in [2.24, 2.45) is 11.8 Å². The summed E-state index contributed by atoms with van der Waals surface area (Å²) in [7, 11) is 0. The molecule has 2 amide bonds. The van der Waals surface area contributed by atoms with E-state index in [2.05, 4.69) is 24.5 Å². The van der Waals surface area contributed by atoms with E-state index >= 15 is 0 Å². The number of rotatable bonds is 5. The van der Waals surface area contributed by atoms with Gasteiger partial charge in [0, 0.05) is 31.6 Å². The summed E-state index contributed by atoms with van der Waals surface area (Å²) in [5.41, 5.74) is 0. The van der Waals surface area contributed by atoms with Crippen molar-refractivity contribution < 1.29 is 9.59 Å². The van der Waals surface area contributed by atoms with E-state index in [4.69, 9.17) is 0 Å². The third-order valence-electron chi connectivity index (χ3n) is 4.85. The smallest absolute Gasteiger partial charge is 0.227 e. The Kier molecular flexibility index (Phi) is 6.03. The van der Waals surface area contributed by atoms with Gasteiger partial charge in [0.05, 0.1) is 5.92 Å². The molecule has 2 unspecified atom stereocenters. The van der Waals surface area contributed by atoms with E-state index in [9.17, 15) is 9.59 Å². The van der Waals surface area contributed by atoms with E-state index in [1.165, 1.54) is 0 Å². The Labute approximate surface area is 127 Å². The fraction of sp³-hybridized carbons (Fsp3) is 0.875. The minimum absolute atomic E-state index is 0.0880. The zero-order valence-corrected chi connectivity index (χ0v) is 13.4. The zero-order chi connectivity index (χ0) is 15.2. The number of carbonyl (C=O) groups excluding carboxylic acids is 2. The van der Waals surface area contributed by atoms with Gasteiger partial charge in [-0.3, -0.25) is 9.59 Å². The van der Waals surface area contributed by atoms with Gasteiger partial charge in [-0.15, -0.1) is 0 Å². The number of piperidine rings is 1. The molecule has 5 heteroatoms. The minimum atomic E-state index is 0.0880. The van der Waals surface area contributed by atoms with Gasteiger partial charge in [-0.2, -0.15) is 0 Å². The van der Waals surface area contributed by atoms with Crippen LogP contribution in [0.15, 0.2) is 0 Å². The first kappa shape index (κ1) is 16.3. The first-order valence-electron chi connectivity index (χ1n) is 8.43. The van der Waals surface area contributed by atoms with Crippen LogP contribution in [0.4, 0.5) is 0 Å². The molecule has 0 aliphatic carbocycles. The van der Waals surface area contributed by atoms with Crippen LogP contribution < -0.4 is 10.6 Å². The maximum atomic E-state index is 12.5. The number of unbranched alkanes of at least 4 members (excludes halogenated alkanes) is 1. The number of nitrogens with zero attached hydrogens (tertiary/aromatic N) is 1. The molecule has 2 heterocycles. The number of amides is 2. The highest BCUT2D eigenvalue weighted by Gasteiger charge is 2.35. The van der Waals surface area contributed by atoms with Crippen LogP contribution in [0, 0.1) is 11.8 Å². The first-order chi connectivity index (χ1) is 10.1. The van der Waals surface area contributed by atoms with E-state index < -0.39 is 0 Å². The molecule has 0 aromatic carbocycles. The van der Waals surface area contributed by atoms with Crippen molar-refractivity contribution in [3.8, 4) is 0 Å². The average molecular weight is 295 g/mol. The lowest BCUT2D eigenvalue weighted by atomic mass is 9.93. The highest BCUT2D eigenvalue weighted by atomic mass is 16.2. The highest BCUT2D eigenvalue weighted by molar-refractivity contribution is 5.81. The molecule has 0 spiro atoms.